The van der Waals surface area contributed by atoms with Gasteiger partial charge in [-0.2, -0.15) is 0 Å². The fourth-order valence-electron chi connectivity index (χ4n) is 1.73. The number of pyridine rings is 1. The lowest BCUT2D eigenvalue weighted by Crippen LogP contribution is -1.99. The Balaban J connectivity index is 2.15. The number of benzene rings is 1. The van der Waals surface area contributed by atoms with Crippen LogP contribution in [-0.4, -0.2) is 11.6 Å². The topological polar surface area (TPSA) is 22.1 Å². The van der Waals surface area contributed by atoms with E-state index in [-0.39, 0.29) is 5.39 Å². The summed E-state index contributed by atoms with van der Waals surface area (Å²) < 4.78 is 31.9. The summed E-state index contributed by atoms with van der Waals surface area (Å²) in [4.78, 5) is 4.15. The highest BCUT2D eigenvalue weighted by molar-refractivity contribution is 5.79. The average Bonchev–Trinajstić information content (AvgIpc) is 2.39. The highest BCUT2D eigenvalue weighted by atomic mass is 19.2. The van der Waals surface area contributed by atoms with Gasteiger partial charge in [-0.3, -0.25) is 0 Å². The molecule has 0 atom stereocenters. The van der Waals surface area contributed by atoms with Crippen LogP contribution < -0.4 is 4.74 Å². The van der Waals surface area contributed by atoms with Crippen LogP contribution in [0.5, 0.6) is 5.88 Å². The molecule has 2 aromatic rings. The molecule has 0 spiro atoms. The van der Waals surface area contributed by atoms with Crippen LogP contribution in [0.15, 0.2) is 24.3 Å². The molecule has 1 aromatic carbocycles. The maximum atomic E-state index is 13.4. The lowest BCUT2D eigenvalue weighted by Gasteiger charge is -2.06. The molecule has 4 heteroatoms. The normalized spacial score (nSPS) is 10.8. The van der Waals surface area contributed by atoms with E-state index in [2.05, 4.69) is 11.9 Å². The largest absolute Gasteiger partial charge is 0.478 e. The van der Waals surface area contributed by atoms with E-state index < -0.39 is 11.6 Å². The molecule has 0 aliphatic heterocycles. The van der Waals surface area contributed by atoms with Crippen LogP contribution in [0.25, 0.3) is 10.9 Å². The van der Waals surface area contributed by atoms with Gasteiger partial charge in [0.05, 0.1) is 12.1 Å². The summed E-state index contributed by atoms with van der Waals surface area (Å²) >= 11 is 0. The smallest absolute Gasteiger partial charge is 0.213 e. The minimum absolute atomic E-state index is 0.177. The van der Waals surface area contributed by atoms with Gasteiger partial charge in [-0.15, -0.1) is 0 Å². The Morgan fingerprint density at radius 2 is 1.94 bits per heavy atom. The molecule has 96 valence electrons. The quantitative estimate of drug-likeness (QED) is 0.747. The Bertz CT molecular complexity index is 543. The molecular formula is C14H15F2NO. The number of rotatable bonds is 5. The molecule has 0 amide bonds. The van der Waals surface area contributed by atoms with E-state index in [1.54, 1.807) is 6.07 Å². The Kier molecular flexibility index (Phi) is 4.07. The van der Waals surface area contributed by atoms with Gasteiger partial charge in [-0.1, -0.05) is 19.8 Å². The minimum Gasteiger partial charge on any atom is -0.478 e. The fourth-order valence-corrected chi connectivity index (χ4v) is 1.73. The van der Waals surface area contributed by atoms with Gasteiger partial charge in [0.2, 0.25) is 5.88 Å². The lowest BCUT2D eigenvalue weighted by molar-refractivity contribution is 0.296. The predicted molar refractivity (Wildman–Crippen MR) is 66.7 cm³/mol. The van der Waals surface area contributed by atoms with E-state index in [0.717, 1.165) is 25.3 Å². The van der Waals surface area contributed by atoms with Crippen LogP contribution in [0.2, 0.25) is 0 Å². The molecular weight excluding hydrogens is 236 g/mol. The van der Waals surface area contributed by atoms with E-state index in [4.69, 9.17) is 4.74 Å². The molecule has 1 heterocycles. The molecule has 0 unspecified atom stereocenters. The van der Waals surface area contributed by atoms with E-state index in [9.17, 15) is 8.78 Å². The molecule has 2 rings (SSSR count). The molecule has 0 N–H and O–H groups in total. The highest BCUT2D eigenvalue weighted by Gasteiger charge is 2.08. The predicted octanol–water partition coefficient (Wildman–Crippen LogP) is 4.08. The number of fused-ring (bicyclic) bond motifs is 1. The van der Waals surface area contributed by atoms with Crippen molar-refractivity contribution in [3.63, 3.8) is 0 Å². The number of nitrogens with zero attached hydrogens (tertiary/aromatic N) is 1. The summed E-state index contributed by atoms with van der Waals surface area (Å²) in [6, 6.07) is 5.59. The van der Waals surface area contributed by atoms with Crippen LogP contribution in [0.1, 0.15) is 26.2 Å². The minimum atomic E-state index is -0.863. The van der Waals surface area contributed by atoms with E-state index in [1.807, 2.05) is 0 Å². The van der Waals surface area contributed by atoms with E-state index in [0.29, 0.717) is 18.0 Å². The lowest BCUT2D eigenvalue weighted by atomic mass is 10.2. The van der Waals surface area contributed by atoms with Gasteiger partial charge >= 0.3 is 0 Å². The first-order chi connectivity index (χ1) is 8.72. The first-order valence-electron chi connectivity index (χ1n) is 6.10. The summed E-state index contributed by atoms with van der Waals surface area (Å²) in [6.45, 7) is 2.71. The zero-order valence-electron chi connectivity index (χ0n) is 10.2. The summed E-state index contributed by atoms with van der Waals surface area (Å²) in [6.07, 6.45) is 3.19. The van der Waals surface area contributed by atoms with Gasteiger partial charge in [0, 0.05) is 11.5 Å². The van der Waals surface area contributed by atoms with Crippen molar-refractivity contribution in [2.24, 2.45) is 0 Å². The van der Waals surface area contributed by atoms with Crippen molar-refractivity contribution in [2.45, 2.75) is 26.2 Å². The van der Waals surface area contributed by atoms with Crippen LogP contribution in [0.4, 0.5) is 8.78 Å². The van der Waals surface area contributed by atoms with E-state index in [1.165, 1.54) is 12.1 Å². The molecule has 0 fully saturated rings. The molecule has 2 nitrogen and oxygen atoms in total. The Morgan fingerprint density at radius 1 is 1.11 bits per heavy atom. The van der Waals surface area contributed by atoms with Crippen molar-refractivity contribution in [1.82, 2.24) is 4.98 Å². The third kappa shape index (κ3) is 2.75. The van der Waals surface area contributed by atoms with Crippen molar-refractivity contribution < 1.29 is 13.5 Å². The number of ether oxygens (including phenoxy) is 1. The summed E-state index contributed by atoms with van der Waals surface area (Å²) in [5, 5.41) is 0.177. The van der Waals surface area contributed by atoms with Crippen LogP contribution >= 0.6 is 0 Å². The summed E-state index contributed by atoms with van der Waals surface area (Å²) in [5.41, 5.74) is 0.405. The van der Waals surface area contributed by atoms with Gasteiger partial charge in [0.15, 0.2) is 11.6 Å². The van der Waals surface area contributed by atoms with Gasteiger partial charge in [-0.25, -0.2) is 13.8 Å². The standard InChI is InChI=1S/C14H15F2NO/c1-2-3-4-9-18-13-8-5-10-12(17-13)7-6-11(15)14(10)16/h5-8H,2-4,9H2,1H3. The zero-order chi connectivity index (χ0) is 13.0. The van der Waals surface area contributed by atoms with Crippen molar-refractivity contribution >= 4 is 10.9 Å². The maximum absolute atomic E-state index is 13.4. The second kappa shape index (κ2) is 5.76. The summed E-state index contributed by atoms with van der Waals surface area (Å²) in [5.74, 6) is -1.27. The summed E-state index contributed by atoms with van der Waals surface area (Å²) in [7, 11) is 0. The van der Waals surface area contributed by atoms with Gasteiger partial charge in [-0.05, 0) is 24.6 Å². The number of hydrogen-bond acceptors (Lipinski definition) is 2. The molecule has 0 saturated carbocycles. The van der Waals surface area contributed by atoms with Crippen molar-refractivity contribution in [2.75, 3.05) is 6.61 Å². The fraction of sp³-hybridized carbons (Fsp3) is 0.357. The first-order valence-corrected chi connectivity index (χ1v) is 6.10. The molecule has 0 aliphatic rings. The second-order valence-corrected chi connectivity index (χ2v) is 4.13. The Hall–Kier alpha value is -1.71. The molecule has 1 aromatic heterocycles. The van der Waals surface area contributed by atoms with Crippen LogP contribution in [0, 0.1) is 11.6 Å². The first kappa shape index (κ1) is 12.7. The molecule has 0 bridgehead atoms. The SMILES string of the molecule is CCCCCOc1ccc2c(F)c(F)ccc2n1. The van der Waals surface area contributed by atoms with Crippen molar-refractivity contribution in [3.8, 4) is 5.88 Å². The molecule has 0 radical (unpaired) electrons. The Morgan fingerprint density at radius 3 is 2.72 bits per heavy atom. The molecule has 0 saturated heterocycles. The number of unbranched alkanes of at least 4 members (excludes halogenated alkanes) is 2. The van der Waals surface area contributed by atoms with Crippen LogP contribution in [0.3, 0.4) is 0 Å². The van der Waals surface area contributed by atoms with Gasteiger partial charge in [0.25, 0.3) is 0 Å². The molecule has 18 heavy (non-hydrogen) atoms. The number of aromatic nitrogens is 1. The van der Waals surface area contributed by atoms with Crippen molar-refractivity contribution in [1.29, 1.82) is 0 Å². The number of hydrogen-bond donors (Lipinski definition) is 0. The van der Waals surface area contributed by atoms with Gasteiger partial charge < -0.3 is 4.74 Å². The monoisotopic (exact) mass is 251 g/mol. The number of halogens is 2. The highest BCUT2D eigenvalue weighted by Crippen LogP contribution is 2.21. The third-order valence-corrected chi connectivity index (χ3v) is 2.73. The Labute approximate surface area is 105 Å². The third-order valence-electron chi connectivity index (χ3n) is 2.73. The average molecular weight is 251 g/mol. The van der Waals surface area contributed by atoms with E-state index >= 15 is 0 Å². The second-order valence-electron chi connectivity index (χ2n) is 4.13. The zero-order valence-corrected chi connectivity index (χ0v) is 10.2. The molecule has 0 aliphatic carbocycles. The maximum Gasteiger partial charge on any atom is 0.213 e. The van der Waals surface area contributed by atoms with Gasteiger partial charge in [0.1, 0.15) is 0 Å². The van der Waals surface area contributed by atoms with Crippen molar-refractivity contribution in [3.05, 3.63) is 35.9 Å². The van der Waals surface area contributed by atoms with Crippen LogP contribution in [-0.2, 0) is 0 Å².